The molecule has 0 bridgehead atoms. The minimum Gasteiger partial charge on any atom is -0.454 e. The molecule has 0 aromatic heterocycles. The van der Waals surface area contributed by atoms with Gasteiger partial charge in [0.25, 0.3) is 5.91 Å². The molecule has 3 heterocycles. The largest absolute Gasteiger partial charge is 0.454 e. The highest BCUT2D eigenvalue weighted by atomic mass is 32.2. The molecule has 0 aliphatic carbocycles. The van der Waals surface area contributed by atoms with Crippen molar-refractivity contribution in [2.45, 2.75) is 31.7 Å². The first-order valence-electron chi connectivity index (χ1n) is 9.62. The Hall–Kier alpha value is -2.10. The van der Waals surface area contributed by atoms with Gasteiger partial charge in [0.1, 0.15) is 10.9 Å². The summed E-state index contributed by atoms with van der Waals surface area (Å²) in [5.41, 5.74) is 0.806. The summed E-state index contributed by atoms with van der Waals surface area (Å²) in [6, 6.07) is 5.49. The molecule has 0 spiro atoms. The van der Waals surface area contributed by atoms with Gasteiger partial charge < -0.3 is 19.5 Å². The summed E-state index contributed by atoms with van der Waals surface area (Å²) in [5, 5.41) is 9.27. The first-order chi connectivity index (χ1) is 14.1. The maximum atomic E-state index is 12.9. The monoisotopic (exact) mass is 434 g/mol. The van der Waals surface area contributed by atoms with Crippen LogP contribution in [0.25, 0.3) is 6.08 Å². The molecule has 2 amide bonds. The van der Waals surface area contributed by atoms with Crippen molar-refractivity contribution in [3.05, 3.63) is 28.7 Å². The van der Waals surface area contributed by atoms with E-state index in [1.165, 1.54) is 16.7 Å². The van der Waals surface area contributed by atoms with Crippen LogP contribution in [-0.4, -0.2) is 63.6 Å². The maximum Gasteiger partial charge on any atom is 0.266 e. The van der Waals surface area contributed by atoms with Gasteiger partial charge in [-0.25, -0.2) is 0 Å². The number of likely N-dealkylation sites (tertiary alicyclic amines) is 1. The van der Waals surface area contributed by atoms with Crippen LogP contribution in [0, 0.1) is 0 Å². The van der Waals surface area contributed by atoms with Gasteiger partial charge >= 0.3 is 0 Å². The number of nitrogens with zero attached hydrogens (tertiary/aromatic N) is 2. The lowest BCUT2D eigenvalue weighted by atomic mass is 9.99. The summed E-state index contributed by atoms with van der Waals surface area (Å²) >= 11 is 6.56. The first kappa shape index (κ1) is 20.2. The normalized spacial score (nSPS) is 22.7. The molecule has 1 atom stereocenters. The zero-order valence-corrected chi connectivity index (χ0v) is 17.5. The number of fused-ring (bicyclic) bond motifs is 1. The molecule has 2 fully saturated rings. The number of thioether (sulfide) groups is 1. The Morgan fingerprint density at radius 3 is 2.97 bits per heavy atom. The van der Waals surface area contributed by atoms with Crippen molar-refractivity contribution in [3.63, 3.8) is 0 Å². The Labute approximate surface area is 178 Å². The summed E-state index contributed by atoms with van der Waals surface area (Å²) in [4.78, 5) is 29.4. The molecule has 3 aliphatic heterocycles. The summed E-state index contributed by atoms with van der Waals surface area (Å²) < 4.78 is 11.1. The van der Waals surface area contributed by atoms with Crippen LogP contribution in [0.15, 0.2) is 23.1 Å². The molecule has 4 rings (SSSR count). The average Bonchev–Trinajstić information content (AvgIpc) is 3.28. The molecule has 154 valence electrons. The van der Waals surface area contributed by atoms with E-state index in [-0.39, 0.29) is 37.8 Å². The molecule has 1 aromatic carbocycles. The molecule has 0 saturated carbocycles. The van der Waals surface area contributed by atoms with Crippen LogP contribution >= 0.6 is 24.0 Å². The van der Waals surface area contributed by atoms with Gasteiger partial charge in [0.15, 0.2) is 11.5 Å². The number of piperidine rings is 1. The van der Waals surface area contributed by atoms with E-state index in [9.17, 15) is 14.7 Å². The van der Waals surface area contributed by atoms with Crippen molar-refractivity contribution in [1.82, 2.24) is 9.80 Å². The van der Waals surface area contributed by atoms with Crippen LogP contribution in [0.2, 0.25) is 0 Å². The topological polar surface area (TPSA) is 79.3 Å². The van der Waals surface area contributed by atoms with Crippen molar-refractivity contribution in [2.24, 2.45) is 0 Å². The van der Waals surface area contributed by atoms with Crippen molar-refractivity contribution in [3.8, 4) is 11.5 Å². The first-order valence-corrected chi connectivity index (χ1v) is 10.8. The lowest BCUT2D eigenvalue weighted by Gasteiger charge is -2.36. The van der Waals surface area contributed by atoms with Crippen LogP contribution in [0.1, 0.15) is 31.2 Å². The van der Waals surface area contributed by atoms with Crippen LogP contribution in [0.4, 0.5) is 0 Å². The zero-order valence-electron chi connectivity index (χ0n) is 15.8. The molecule has 1 N–H and O–H groups in total. The summed E-state index contributed by atoms with van der Waals surface area (Å²) in [6.07, 6.45) is 5.19. The minimum atomic E-state index is -0.262. The third kappa shape index (κ3) is 4.26. The van der Waals surface area contributed by atoms with Gasteiger partial charge in [-0.1, -0.05) is 30.0 Å². The Balaban J connectivity index is 1.46. The highest BCUT2D eigenvalue weighted by Crippen LogP contribution is 2.36. The fraction of sp³-hybridized carbons (Fsp3) is 0.450. The summed E-state index contributed by atoms with van der Waals surface area (Å²) in [7, 11) is 0. The molecule has 9 heteroatoms. The summed E-state index contributed by atoms with van der Waals surface area (Å²) in [6.45, 7) is 0.834. The highest BCUT2D eigenvalue weighted by Gasteiger charge is 2.36. The van der Waals surface area contributed by atoms with E-state index in [2.05, 4.69) is 0 Å². The number of thiocarbonyl (C=S) groups is 1. The average molecular weight is 435 g/mol. The number of hydrogen-bond acceptors (Lipinski definition) is 7. The highest BCUT2D eigenvalue weighted by molar-refractivity contribution is 8.26. The van der Waals surface area contributed by atoms with Crippen LogP contribution in [0.5, 0.6) is 11.5 Å². The lowest BCUT2D eigenvalue weighted by molar-refractivity contribution is -0.138. The van der Waals surface area contributed by atoms with Gasteiger partial charge in [-0.3, -0.25) is 14.5 Å². The van der Waals surface area contributed by atoms with Crippen molar-refractivity contribution in [2.75, 3.05) is 26.5 Å². The van der Waals surface area contributed by atoms with Crippen molar-refractivity contribution >= 4 is 46.2 Å². The number of carbonyl (C=O) groups is 2. The van der Waals surface area contributed by atoms with E-state index in [4.69, 9.17) is 21.7 Å². The standard InChI is InChI=1S/C20H22N2O5S2/c23-8-6-14-3-1-2-7-21(14)18(24)11-22-19(25)17(29-20(22)28)10-13-4-5-15-16(9-13)27-12-26-15/h4-5,9-10,14,23H,1-3,6-8,11-12H2/b17-10-/t14-/m1/s1. The molecule has 2 saturated heterocycles. The van der Waals surface area contributed by atoms with Gasteiger partial charge in [0, 0.05) is 19.2 Å². The predicted molar refractivity (Wildman–Crippen MR) is 113 cm³/mol. The number of rotatable bonds is 5. The predicted octanol–water partition coefficient (Wildman–Crippen LogP) is 2.38. The minimum absolute atomic E-state index is 0.0313. The molecule has 0 unspecified atom stereocenters. The smallest absolute Gasteiger partial charge is 0.266 e. The van der Waals surface area contributed by atoms with Crippen molar-refractivity contribution < 1.29 is 24.2 Å². The second-order valence-corrected chi connectivity index (χ2v) is 8.81. The van der Waals surface area contributed by atoms with Crippen molar-refractivity contribution in [1.29, 1.82) is 0 Å². The van der Waals surface area contributed by atoms with Gasteiger partial charge in [0.2, 0.25) is 12.7 Å². The van der Waals surface area contributed by atoms with Crippen LogP contribution in [0.3, 0.4) is 0 Å². The fourth-order valence-corrected chi connectivity index (χ4v) is 5.05. The second kappa shape index (κ2) is 8.73. The molecule has 29 heavy (non-hydrogen) atoms. The van der Waals surface area contributed by atoms with Gasteiger partial charge in [-0.15, -0.1) is 0 Å². The number of aliphatic hydroxyl groups is 1. The lowest BCUT2D eigenvalue weighted by Crippen LogP contribution is -2.49. The SMILES string of the molecule is O=C1/C(=C/c2ccc3c(c2)OCO3)SC(=S)N1CC(=O)N1CCCC[C@@H]1CCO. The number of benzene rings is 1. The van der Waals surface area contributed by atoms with E-state index in [0.29, 0.717) is 33.7 Å². The number of amides is 2. The Bertz CT molecular complexity index is 870. The molecular formula is C20H22N2O5S2. The fourth-order valence-electron chi connectivity index (χ4n) is 3.79. The van der Waals surface area contributed by atoms with E-state index in [1.807, 2.05) is 12.1 Å². The molecule has 7 nitrogen and oxygen atoms in total. The number of hydrogen-bond donors (Lipinski definition) is 1. The van der Waals surface area contributed by atoms with E-state index in [0.717, 1.165) is 24.8 Å². The quantitative estimate of drug-likeness (QED) is 0.563. The Morgan fingerprint density at radius 2 is 2.14 bits per heavy atom. The van der Waals surface area contributed by atoms with Gasteiger partial charge in [-0.05, 0) is 49.5 Å². The Morgan fingerprint density at radius 1 is 1.31 bits per heavy atom. The van der Waals surface area contributed by atoms with Gasteiger partial charge in [-0.2, -0.15) is 0 Å². The zero-order chi connectivity index (χ0) is 20.4. The van der Waals surface area contributed by atoms with E-state index in [1.54, 1.807) is 17.0 Å². The number of carbonyl (C=O) groups excluding carboxylic acids is 2. The van der Waals surface area contributed by atoms with Crippen LogP contribution < -0.4 is 9.47 Å². The van der Waals surface area contributed by atoms with E-state index < -0.39 is 0 Å². The van der Waals surface area contributed by atoms with Crippen LogP contribution in [-0.2, 0) is 9.59 Å². The Kier molecular flexibility index (Phi) is 6.07. The number of aliphatic hydroxyl groups excluding tert-OH is 1. The molecular weight excluding hydrogens is 412 g/mol. The molecule has 1 aromatic rings. The third-order valence-corrected chi connectivity index (χ3v) is 6.65. The maximum absolute atomic E-state index is 12.9. The second-order valence-electron chi connectivity index (χ2n) is 7.13. The van der Waals surface area contributed by atoms with E-state index >= 15 is 0 Å². The summed E-state index contributed by atoms with van der Waals surface area (Å²) in [5.74, 6) is 0.939. The molecule has 3 aliphatic rings. The third-order valence-electron chi connectivity index (χ3n) is 5.27. The number of ether oxygens (including phenoxy) is 2. The van der Waals surface area contributed by atoms with Gasteiger partial charge in [0.05, 0.1) is 4.91 Å². The molecule has 0 radical (unpaired) electrons.